The molecule has 1 spiro atoms. The second-order valence-corrected chi connectivity index (χ2v) is 7.44. The Kier molecular flexibility index (Phi) is 4.55. The van der Waals surface area contributed by atoms with Crippen LogP contribution in [0.4, 0.5) is 10.1 Å². The predicted octanol–water partition coefficient (Wildman–Crippen LogP) is 2.87. The van der Waals surface area contributed by atoms with Crippen molar-refractivity contribution >= 4 is 17.5 Å². The van der Waals surface area contributed by atoms with E-state index in [0.717, 1.165) is 11.1 Å². The topological polar surface area (TPSA) is 78.9 Å². The summed E-state index contributed by atoms with van der Waals surface area (Å²) in [5, 5.41) is 8.80. The molecule has 0 unspecified atom stereocenters. The second-order valence-electron chi connectivity index (χ2n) is 7.44. The Bertz CT molecular complexity index is 961. The molecule has 1 aliphatic heterocycles. The van der Waals surface area contributed by atoms with E-state index in [1.807, 2.05) is 6.07 Å². The summed E-state index contributed by atoms with van der Waals surface area (Å²) in [6.45, 7) is 0.534. The molecule has 2 N–H and O–H groups in total. The number of rotatable bonds is 3. The maximum atomic E-state index is 13.9. The number of fused-ring (bicyclic) bond motifs is 1. The van der Waals surface area contributed by atoms with Crippen molar-refractivity contribution < 1.29 is 23.9 Å². The third-order valence-electron chi connectivity index (χ3n) is 5.89. The van der Waals surface area contributed by atoms with Crippen molar-refractivity contribution in [3.8, 4) is 5.75 Å². The number of amides is 2. The molecule has 28 heavy (non-hydrogen) atoms. The van der Waals surface area contributed by atoms with Gasteiger partial charge in [0.15, 0.2) is 0 Å². The van der Waals surface area contributed by atoms with E-state index in [1.165, 1.54) is 19.2 Å². The van der Waals surface area contributed by atoms with Gasteiger partial charge in [-0.25, -0.2) is 9.87 Å². The Morgan fingerprint density at radius 2 is 2.04 bits per heavy atom. The van der Waals surface area contributed by atoms with Crippen LogP contribution in [0.1, 0.15) is 34.3 Å². The minimum Gasteiger partial charge on any atom is -0.497 e. The van der Waals surface area contributed by atoms with Crippen molar-refractivity contribution in [1.29, 1.82) is 0 Å². The maximum Gasteiger partial charge on any atom is 0.274 e. The van der Waals surface area contributed by atoms with Crippen LogP contribution in [0.2, 0.25) is 0 Å². The number of carbonyl (C=O) groups is 2. The summed E-state index contributed by atoms with van der Waals surface area (Å²) in [6, 6.07) is 9.59. The highest BCUT2D eigenvalue weighted by Gasteiger charge is 2.48. The largest absolute Gasteiger partial charge is 0.497 e. The molecule has 146 valence electrons. The zero-order chi connectivity index (χ0) is 19.9. The van der Waals surface area contributed by atoms with Crippen molar-refractivity contribution in [3.05, 3.63) is 58.9 Å². The van der Waals surface area contributed by atoms with Gasteiger partial charge in [0.2, 0.25) is 5.91 Å². The van der Waals surface area contributed by atoms with Gasteiger partial charge in [0.1, 0.15) is 11.6 Å². The monoisotopic (exact) mass is 384 g/mol. The van der Waals surface area contributed by atoms with Crippen molar-refractivity contribution in [2.75, 3.05) is 18.6 Å². The van der Waals surface area contributed by atoms with E-state index >= 15 is 0 Å². The molecule has 2 amide bonds. The van der Waals surface area contributed by atoms with Crippen LogP contribution in [0.25, 0.3) is 0 Å². The van der Waals surface area contributed by atoms with E-state index in [9.17, 15) is 14.0 Å². The van der Waals surface area contributed by atoms with Gasteiger partial charge in [-0.3, -0.25) is 14.8 Å². The van der Waals surface area contributed by atoms with Gasteiger partial charge in [-0.15, -0.1) is 0 Å². The highest BCUT2D eigenvalue weighted by atomic mass is 19.1. The maximum absolute atomic E-state index is 13.9. The molecule has 1 fully saturated rings. The van der Waals surface area contributed by atoms with E-state index in [4.69, 9.17) is 9.94 Å². The molecular formula is C21H21FN2O4. The lowest BCUT2D eigenvalue weighted by molar-refractivity contribution is -0.126. The Morgan fingerprint density at radius 1 is 1.21 bits per heavy atom. The Labute approximate surface area is 161 Å². The number of hydroxylamine groups is 1. The average Bonchev–Trinajstić information content (AvgIpc) is 3.02. The lowest BCUT2D eigenvalue weighted by Gasteiger charge is -2.33. The summed E-state index contributed by atoms with van der Waals surface area (Å²) in [5.74, 6) is -0.603. The number of benzene rings is 2. The summed E-state index contributed by atoms with van der Waals surface area (Å²) in [5.41, 5.74) is 4.09. The number of anilines is 1. The molecule has 2 aliphatic rings. The molecular weight excluding hydrogens is 363 g/mol. The molecule has 7 heteroatoms. The van der Waals surface area contributed by atoms with Crippen LogP contribution in [0.3, 0.4) is 0 Å². The number of carbonyl (C=O) groups excluding carboxylic acids is 2. The summed E-state index contributed by atoms with van der Waals surface area (Å²) in [4.78, 5) is 26.6. The van der Waals surface area contributed by atoms with Crippen LogP contribution >= 0.6 is 0 Å². The number of hydrogen-bond donors (Lipinski definition) is 2. The second kappa shape index (κ2) is 6.91. The molecule has 1 atom stereocenters. The number of hydrogen-bond acceptors (Lipinski definition) is 4. The number of nitrogens with one attached hydrogen (secondary N) is 1. The van der Waals surface area contributed by atoms with E-state index in [1.54, 1.807) is 28.6 Å². The predicted molar refractivity (Wildman–Crippen MR) is 100 cm³/mol. The van der Waals surface area contributed by atoms with Gasteiger partial charge < -0.3 is 9.64 Å². The Hall–Kier alpha value is -2.93. The molecule has 0 aromatic heterocycles. The van der Waals surface area contributed by atoms with E-state index in [2.05, 4.69) is 0 Å². The zero-order valence-electron chi connectivity index (χ0n) is 15.5. The van der Waals surface area contributed by atoms with Crippen molar-refractivity contribution in [2.24, 2.45) is 5.41 Å². The molecule has 6 nitrogen and oxygen atoms in total. The molecule has 4 rings (SSSR count). The number of nitrogens with zero attached hydrogens (tertiary/aromatic N) is 1. The third-order valence-corrected chi connectivity index (χ3v) is 5.89. The van der Waals surface area contributed by atoms with Crippen LogP contribution in [0.5, 0.6) is 5.75 Å². The lowest BCUT2D eigenvalue weighted by atomic mass is 9.70. The Balaban J connectivity index is 1.60. The fourth-order valence-electron chi connectivity index (χ4n) is 4.35. The highest BCUT2D eigenvalue weighted by molar-refractivity contribution is 6.00. The molecule has 2 aromatic rings. The van der Waals surface area contributed by atoms with Crippen LogP contribution in [0, 0.1) is 11.2 Å². The SMILES string of the molecule is COc1cc(F)cc(N2CC[C@@]3(CCc4cc(C(=O)NO)ccc4C3)C2=O)c1. The number of methoxy groups -OCH3 is 1. The summed E-state index contributed by atoms with van der Waals surface area (Å²) < 4.78 is 19.0. The minimum absolute atomic E-state index is 0.00276. The van der Waals surface area contributed by atoms with Crippen LogP contribution in [-0.4, -0.2) is 30.7 Å². The first-order valence-electron chi connectivity index (χ1n) is 9.18. The van der Waals surface area contributed by atoms with Gasteiger partial charge in [0.05, 0.1) is 18.2 Å². The van der Waals surface area contributed by atoms with Gasteiger partial charge in [-0.05, 0) is 55.0 Å². The van der Waals surface area contributed by atoms with Gasteiger partial charge in [0.25, 0.3) is 5.91 Å². The molecule has 0 bridgehead atoms. The first-order chi connectivity index (χ1) is 13.5. The normalized spacial score (nSPS) is 21.0. The number of ether oxygens (including phenoxy) is 1. The Morgan fingerprint density at radius 3 is 2.79 bits per heavy atom. The molecule has 1 saturated heterocycles. The molecule has 1 heterocycles. The fraction of sp³-hybridized carbons (Fsp3) is 0.333. The summed E-state index contributed by atoms with van der Waals surface area (Å²) >= 11 is 0. The minimum atomic E-state index is -0.550. The third kappa shape index (κ3) is 3.01. The number of halogens is 1. The van der Waals surface area contributed by atoms with Crippen LogP contribution in [0.15, 0.2) is 36.4 Å². The average molecular weight is 384 g/mol. The van der Waals surface area contributed by atoms with Crippen molar-refractivity contribution in [3.63, 3.8) is 0 Å². The smallest absolute Gasteiger partial charge is 0.274 e. The highest BCUT2D eigenvalue weighted by Crippen LogP contribution is 2.45. The van der Waals surface area contributed by atoms with Crippen molar-refractivity contribution in [2.45, 2.75) is 25.7 Å². The standard InChI is InChI=1S/C21H21FN2O4/c1-28-18-10-16(22)9-17(11-18)24-7-6-21(20(24)26)5-4-13-8-14(19(25)23-27)2-3-15(13)12-21/h2-3,8-11,27H,4-7,12H2,1H3,(H,23,25)/t21-/m1/s1. The summed E-state index contributed by atoms with van der Waals surface area (Å²) in [7, 11) is 1.47. The zero-order valence-corrected chi connectivity index (χ0v) is 15.5. The fourth-order valence-corrected chi connectivity index (χ4v) is 4.35. The van der Waals surface area contributed by atoms with E-state index in [0.29, 0.717) is 49.2 Å². The molecule has 0 saturated carbocycles. The molecule has 2 aromatic carbocycles. The van der Waals surface area contributed by atoms with Gasteiger partial charge in [0, 0.05) is 24.2 Å². The van der Waals surface area contributed by atoms with Crippen molar-refractivity contribution in [1.82, 2.24) is 5.48 Å². The lowest BCUT2D eigenvalue weighted by Crippen LogP contribution is -2.38. The van der Waals surface area contributed by atoms with Gasteiger partial charge in [-0.1, -0.05) is 6.07 Å². The number of aryl methyl sites for hydroxylation is 1. The van der Waals surface area contributed by atoms with Crippen LogP contribution in [-0.2, 0) is 17.6 Å². The van der Waals surface area contributed by atoms with Gasteiger partial charge in [-0.2, -0.15) is 0 Å². The van der Waals surface area contributed by atoms with Crippen LogP contribution < -0.4 is 15.1 Å². The van der Waals surface area contributed by atoms with E-state index < -0.39 is 17.1 Å². The first-order valence-corrected chi connectivity index (χ1v) is 9.18. The molecule has 1 aliphatic carbocycles. The van der Waals surface area contributed by atoms with E-state index in [-0.39, 0.29) is 5.91 Å². The van der Waals surface area contributed by atoms with Gasteiger partial charge >= 0.3 is 0 Å². The quantitative estimate of drug-likeness (QED) is 0.630. The summed E-state index contributed by atoms with van der Waals surface area (Å²) in [6.07, 6.45) is 2.63. The first kappa shape index (κ1) is 18.4. The molecule has 0 radical (unpaired) electrons.